The maximum Gasteiger partial charge on any atom is 0.0969 e. The first-order valence-electron chi connectivity index (χ1n) is 2.82. The molecule has 0 heterocycles. The molecule has 0 aliphatic heterocycles. The maximum atomic E-state index is 4.14. The average Bonchev–Trinajstić information content (AvgIpc) is 1.69. The highest BCUT2D eigenvalue weighted by atomic mass is 32.2. The zero-order chi connectivity index (χ0) is 6.57. The highest BCUT2D eigenvalue weighted by molar-refractivity contribution is 7.99. The third-order valence-electron chi connectivity index (χ3n) is 1.14. The lowest BCUT2D eigenvalue weighted by atomic mass is 10.6. The first-order chi connectivity index (χ1) is 3.72. The molecule has 0 atom stereocenters. The van der Waals surface area contributed by atoms with E-state index in [0.29, 0.717) is 0 Å². The van der Waals surface area contributed by atoms with Crippen LogP contribution in [0.15, 0.2) is 0 Å². The summed E-state index contributed by atoms with van der Waals surface area (Å²) in [4.78, 5) is 2.15. The van der Waals surface area contributed by atoms with Gasteiger partial charge in [-0.25, -0.2) is 0 Å². The van der Waals surface area contributed by atoms with Crippen molar-refractivity contribution in [3.05, 3.63) is 0 Å². The molecule has 0 spiro atoms. The van der Waals surface area contributed by atoms with Crippen molar-refractivity contribution in [3.8, 4) is 0 Å². The van der Waals surface area contributed by atoms with Gasteiger partial charge in [0.05, 0.1) is 4.71 Å². The van der Waals surface area contributed by atoms with Crippen LogP contribution in [-0.2, 0) is 0 Å². The van der Waals surface area contributed by atoms with E-state index in [9.17, 15) is 0 Å². The summed E-state index contributed by atoms with van der Waals surface area (Å²) in [5, 5.41) is 0. The molecule has 0 saturated heterocycles. The van der Waals surface area contributed by atoms with Gasteiger partial charge in [-0.1, -0.05) is 13.8 Å². The molecule has 0 N–H and O–H groups in total. The monoisotopic (exact) mass is 151 g/mol. The quantitative estimate of drug-likeness (QED) is 0.456. The van der Waals surface area contributed by atoms with Crippen LogP contribution in [0.2, 0.25) is 0 Å². The largest absolute Gasteiger partial charge is 0.284 e. The molecule has 0 bridgehead atoms. The second-order valence-corrected chi connectivity index (χ2v) is 2.95. The Morgan fingerprint density at radius 1 is 1.25 bits per heavy atom. The molecule has 0 aromatic carbocycles. The van der Waals surface area contributed by atoms with Gasteiger partial charge in [-0.2, -0.15) is 0 Å². The highest BCUT2D eigenvalue weighted by Crippen LogP contribution is 2.05. The van der Waals surface area contributed by atoms with Crippen LogP contribution in [0.3, 0.4) is 0 Å². The minimum Gasteiger partial charge on any atom is -0.284 e. The molecule has 0 amide bonds. The summed E-state index contributed by atoms with van der Waals surface area (Å²) < 4.78 is 0.102. The van der Waals surface area contributed by atoms with E-state index in [0.717, 1.165) is 13.1 Å². The van der Waals surface area contributed by atoms with Gasteiger partial charge in [0.15, 0.2) is 0 Å². The molecule has 0 saturated carbocycles. The molecule has 0 aromatic rings. The topological polar surface area (TPSA) is 3.24 Å². The Morgan fingerprint density at radius 3 is 1.62 bits per heavy atom. The summed E-state index contributed by atoms with van der Waals surface area (Å²) in [6.45, 7) is 6.24. The van der Waals surface area contributed by atoms with Crippen molar-refractivity contribution in [1.82, 2.24) is 4.90 Å². The van der Waals surface area contributed by atoms with E-state index in [1.165, 1.54) is 0 Å². The van der Waals surface area contributed by atoms with E-state index in [1.807, 2.05) is 0 Å². The Labute approximate surface area is 62.3 Å². The van der Waals surface area contributed by atoms with Crippen LogP contribution >= 0.6 is 25.3 Å². The van der Waals surface area contributed by atoms with Crippen molar-refractivity contribution in [2.45, 2.75) is 18.6 Å². The van der Waals surface area contributed by atoms with E-state index in [1.54, 1.807) is 0 Å². The zero-order valence-corrected chi connectivity index (χ0v) is 7.12. The van der Waals surface area contributed by atoms with Gasteiger partial charge in [0, 0.05) is 0 Å². The molecule has 3 heteroatoms. The van der Waals surface area contributed by atoms with Crippen molar-refractivity contribution in [1.29, 1.82) is 0 Å². The molecule has 0 fully saturated rings. The summed E-state index contributed by atoms with van der Waals surface area (Å²) in [5.74, 6) is 0. The number of nitrogens with zero attached hydrogens (tertiary/aromatic N) is 1. The van der Waals surface area contributed by atoms with Gasteiger partial charge >= 0.3 is 0 Å². The SMILES string of the molecule is CCN(CC)C(S)S. The lowest BCUT2D eigenvalue weighted by Gasteiger charge is -2.20. The number of hydrogen-bond donors (Lipinski definition) is 2. The lowest BCUT2D eigenvalue weighted by Crippen LogP contribution is -2.26. The minimum absolute atomic E-state index is 0.102. The van der Waals surface area contributed by atoms with Crippen molar-refractivity contribution in [2.75, 3.05) is 13.1 Å². The smallest absolute Gasteiger partial charge is 0.0969 e. The number of thiol groups is 2. The van der Waals surface area contributed by atoms with Crippen molar-refractivity contribution >= 4 is 25.3 Å². The van der Waals surface area contributed by atoms with Crippen LogP contribution in [-0.4, -0.2) is 22.7 Å². The van der Waals surface area contributed by atoms with Gasteiger partial charge in [0.2, 0.25) is 0 Å². The van der Waals surface area contributed by atoms with Crippen LogP contribution in [0, 0.1) is 0 Å². The first-order valence-corrected chi connectivity index (χ1v) is 3.85. The van der Waals surface area contributed by atoms with Crippen LogP contribution < -0.4 is 0 Å². The van der Waals surface area contributed by atoms with Crippen LogP contribution in [0.5, 0.6) is 0 Å². The molecule has 50 valence electrons. The van der Waals surface area contributed by atoms with Crippen molar-refractivity contribution < 1.29 is 0 Å². The summed E-state index contributed by atoms with van der Waals surface area (Å²) >= 11 is 8.29. The maximum absolute atomic E-state index is 4.14. The highest BCUT2D eigenvalue weighted by Gasteiger charge is 2.02. The van der Waals surface area contributed by atoms with E-state index >= 15 is 0 Å². The predicted molar refractivity (Wildman–Crippen MR) is 44.7 cm³/mol. The molecule has 0 radical (unpaired) electrons. The molecule has 8 heavy (non-hydrogen) atoms. The first kappa shape index (κ1) is 8.66. The molecule has 0 aliphatic rings. The summed E-state index contributed by atoms with van der Waals surface area (Å²) in [6, 6.07) is 0. The van der Waals surface area contributed by atoms with E-state index in [4.69, 9.17) is 0 Å². The molecule has 0 rings (SSSR count). The van der Waals surface area contributed by atoms with Crippen LogP contribution in [0.25, 0.3) is 0 Å². The van der Waals surface area contributed by atoms with Gasteiger partial charge in [0.25, 0.3) is 0 Å². The molecule has 0 aromatic heterocycles. The molecule has 0 aliphatic carbocycles. The van der Waals surface area contributed by atoms with Gasteiger partial charge < -0.3 is 0 Å². The Morgan fingerprint density at radius 2 is 1.62 bits per heavy atom. The molecule has 1 nitrogen and oxygen atoms in total. The molecular formula is C5H13NS2. The second-order valence-electron chi connectivity index (χ2n) is 1.57. The molecular weight excluding hydrogens is 138 g/mol. The fraction of sp³-hybridized carbons (Fsp3) is 1.00. The Hall–Kier alpha value is 0.660. The third-order valence-corrected chi connectivity index (χ3v) is 1.79. The van der Waals surface area contributed by atoms with Gasteiger partial charge in [-0.05, 0) is 13.1 Å². The minimum atomic E-state index is 0.102. The number of rotatable bonds is 3. The van der Waals surface area contributed by atoms with Crippen molar-refractivity contribution in [3.63, 3.8) is 0 Å². The fourth-order valence-corrected chi connectivity index (χ4v) is 1.20. The third kappa shape index (κ3) is 2.84. The normalized spacial score (nSPS) is 11.2. The van der Waals surface area contributed by atoms with Gasteiger partial charge in [-0.3, -0.25) is 4.90 Å². The van der Waals surface area contributed by atoms with Crippen LogP contribution in [0.1, 0.15) is 13.8 Å². The fourth-order valence-electron chi connectivity index (χ4n) is 0.550. The van der Waals surface area contributed by atoms with Crippen LogP contribution in [0.4, 0.5) is 0 Å². The van der Waals surface area contributed by atoms with E-state index < -0.39 is 0 Å². The number of hydrogen-bond acceptors (Lipinski definition) is 3. The summed E-state index contributed by atoms with van der Waals surface area (Å²) in [6.07, 6.45) is 0. The van der Waals surface area contributed by atoms with Gasteiger partial charge in [0.1, 0.15) is 0 Å². The summed E-state index contributed by atoms with van der Waals surface area (Å²) in [7, 11) is 0. The predicted octanol–water partition coefficient (Wildman–Crippen LogP) is 1.47. The van der Waals surface area contributed by atoms with Crippen molar-refractivity contribution in [2.24, 2.45) is 0 Å². The Balaban J connectivity index is 3.35. The Kier molecular flexibility index (Phi) is 4.90. The average molecular weight is 151 g/mol. The van der Waals surface area contributed by atoms with E-state index in [2.05, 4.69) is 44.0 Å². The standard InChI is InChI=1S/C5H13NS2/c1-3-6(4-2)5(7)8/h5,7-8H,3-4H2,1-2H3. The molecule has 0 unspecified atom stereocenters. The lowest BCUT2D eigenvalue weighted by molar-refractivity contribution is 0.341. The summed E-state index contributed by atoms with van der Waals surface area (Å²) in [5.41, 5.74) is 0. The zero-order valence-electron chi connectivity index (χ0n) is 5.33. The van der Waals surface area contributed by atoms with Gasteiger partial charge in [-0.15, -0.1) is 25.3 Å². The second kappa shape index (κ2) is 4.53. The Bertz CT molecular complexity index is 52.4. The van der Waals surface area contributed by atoms with E-state index in [-0.39, 0.29) is 4.71 Å².